The number of aryl methyl sites for hydroxylation is 1. The van der Waals surface area contributed by atoms with Crippen molar-refractivity contribution in [1.29, 1.82) is 0 Å². The second-order valence-corrected chi connectivity index (χ2v) is 4.90. The Balaban J connectivity index is 2.73. The molecule has 0 aliphatic heterocycles. The summed E-state index contributed by atoms with van der Waals surface area (Å²) < 4.78 is 0. The molecule has 2 unspecified atom stereocenters. The van der Waals surface area contributed by atoms with Crippen LogP contribution in [0.2, 0.25) is 0 Å². The minimum atomic E-state index is -0.675. The molecule has 0 aliphatic rings. The Morgan fingerprint density at radius 3 is 2.35 bits per heavy atom. The average Bonchev–Trinajstić information content (AvgIpc) is 2.28. The third-order valence-corrected chi connectivity index (χ3v) is 3.32. The molecule has 94 valence electrons. The van der Waals surface area contributed by atoms with Crippen LogP contribution < -0.4 is 0 Å². The minimum Gasteiger partial charge on any atom is -0.481 e. The molecule has 0 aliphatic carbocycles. The molecule has 0 saturated heterocycles. The van der Waals surface area contributed by atoms with Crippen LogP contribution in [0.4, 0.5) is 0 Å². The molecule has 0 bridgehead atoms. The highest BCUT2D eigenvalue weighted by atomic mass is 16.4. The Kier molecular flexibility index (Phi) is 5.20. The summed E-state index contributed by atoms with van der Waals surface area (Å²) in [4.78, 5) is 11.3. The van der Waals surface area contributed by atoms with Crippen molar-refractivity contribution in [3.63, 3.8) is 0 Å². The monoisotopic (exact) mass is 234 g/mol. The molecule has 1 aromatic carbocycles. The molecule has 0 fully saturated rings. The van der Waals surface area contributed by atoms with Gasteiger partial charge in [-0.2, -0.15) is 0 Å². The Morgan fingerprint density at radius 2 is 1.88 bits per heavy atom. The van der Waals surface area contributed by atoms with Crippen molar-refractivity contribution >= 4 is 5.97 Å². The summed E-state index contributed by atoms with van der Waals surface area (Å²) >= 11 is 0. The van der Waals surface area contributed by atoms with Crippen LogP contribution in [0.15, 0.2) is 24.3 Å². The van der Waals surface area contributed by atoms with Gasteiger partial charge in [0.25, 0.3) is 0 Å². The minimum absolute atomic E-state index is 0.235. The average molecular weight is 234 g/mol. The molecule has 0 radical (unpaired) electrons. The lowest BCUT2D eigenvalue weighted by atomic mass is 9.85. The number of rotatable bonds is 6. The zero-order valence-electron chi connectivity index (χ0n) is 10.9. The van der Waals surface area contributed by atoms with Gasteiger partial charge < -0.3 is 5.11 Å². The van der Waals surface area contributed by atoms with Crippen molar-refractivity contribution in [3.8, 4) is 0 Å². The van der Waals surface area contributed by atoms with E-state index in [0.717, 1.165) is 18.4 Å². The summed E-state index contributed by atoms with van der Waals surface area (Å²) in [7, 11) is 0. The molecule has 17 heavy (non-hydrogen) atoms. The lowest BCUT2D eigenvalue weighted by molar-refractivity contribution is -0.143. The van der Waals surface area contributed by atoms with Crippen molar-refractivity contribution < 1.29 is 9.90 Å². The first kappa shape index (κ1) is 13.8. The van der Waals surface area contributed by atoms with Crippen molar-refractivity contribution in [1.82, 2.24) is 0 Å². The standard InChI is InChI=1S/C15H22O2/c1-4-5-12(3)14(15(16)17)10-13-8-6-11(2)7-9-13/h6-9,12,14H,4-5,10H2,1-3H3,(H,16,17). The molecular weight excluding hydrogens is 212 g/mol. The van der Waals surface area contributed by atoms with E-state index >= 15 is 0 Å². The number of carboxylic acids is 1. The van der Waals surface area contributed by atoms with Crippen LogP contribution in [0.3, 0.4) is 0 Å². The van der Waals surface area contributed by atoms with Crippen molar-refractivity contribution in [3.05, 3.63) is 35.4 Å². The van der Waals surface area contributed by atoms with E-state index < -0.39 is 5.97 Å². The Morgan fingerprint density at radius 1 is 1.29 bits per heavy atom. The molecule has 1 N–H and O–H groups in total. The van der Waals surface area contributed by atoms with Gasteiger partial charge in [0.2, 0.25) is 0 Å². The zero-order valence-corrected chi connectivity index (χ0v) is 10.9. The molecule has 1 rings (SSSR count). The van der Waals surface area contributed by atoms with Crippen LogP contribution in [0, 0.1) is 18.8 Å². The van der Waals surface area contributed by atoms with Crippen LogP contribution in [0.5, 0.6) is 0 Å². The van der Waals surface area contributed by atoms with E-state index in [1.165, 1.54) is 5.56 Å². The summed E-state index contributed by atoms with van der Waals surface area (Å²) in [6, 6.07) is 8.14. The SMILES string of the molecule is CCCC(C)C(Cc1ccc(C)cc1)C(=O)O. The highest BCUT2D eigenvalue weighted by Gasteiger charge is 2.24. The van der Waals surface area contributed by atoms with Gasteiger partial charge in [0.1, 0.15) is 0 Å². The number of benzene rings is 1. The van der Waals surface area contributed by atoms with Gasteiger partial charge in [-0.25, -0.2) is 0 Å². The highest BCUT2D eigenvalue weighted by Crippen LogP contribution is 2.22. The number of hydrogen-bond donors (Lipinski definition) is 1. The van der Waals surface area contributed by atoms with Crippen LogP contribution in [0.25, 0.3) is 0 Å². The van der Waals surface area contributed by atoms with E-state index in [1.807, 2.05) is 38.1 Å². The Hall–Kier alpha value is -1.31. The number of hydrogen-bond acceptors (Lipinski definition) is 1. The van der Waals surface area contributed by atoms with Crippen LogP contribution in [0.1, 0.15) is 37.8 Å². The number of carbonyl (C=O) groups is 1. The van der Waals surface area contributed by atoms with E-state index in [-0.39, 0.29) is 11.8 Å². The summed E-state index contributed by atoms with van der Waals surface area (Å²) in [6.45, 7) is 6.18. The van der Waals surface area contributed by atoms with Gasteiger partial charge in [-0.1, -0.05) is 56.5 Å². The molecule has 0 amide bonds. The molecule has 2 heteroatoms. The summed E-state index contributed by atoms with van der Waals surface area (Å²) in [5, 5.41) is 9.29. The zero-order chi connectivity index (χ0) is 12.8. The smallest absolute Gasteiger partial charge is 0.307 e. The predicted molar refractivity (Wildman–Crippen MR) is 70.1 cm³/mol. The Bertz CT molecular complexity index is 354. The van der Waals surface area contributed by atoms with Crippen LogP contribution >= 0.6 is 0 Å². The summed E-state index contributed by atoms with van der Waals surface area (Å²) in [5.41, 5.74) is 2.33. The quantitative estimate of drug-likeness (QED) is 0.815. The van der Waals surface area contributed by atoms with Gasteiger partial charge in [-0.15, -0.1) is 0 Å². The van der Waals surface area contributed by atoms with Gasteiger partial charge >= 0.3 is 5.97 Å². The van der Waals surface area contributed by atoms with E-state index in [2.05, 4.69) is 6.92 Å². The van der Waals surface area contributed by atoms with Gasteiger partial charge in [-0.3, -0.25) is 4.79 Å². The van der Waals surface area contributed by atoms with Crippen LogP contribution in [-0.4, -0.2) is 11.1 Å². The third-order valence-electron chi connectivity index (χ3n) is 3.32. The fourth-order valence-electron chi connectivity index (χ4n) is 2.17. The van der Waals surface area contributed by atoms with Crippen molar-refractivity contribution in [2.45, 2.75) is 40.0 Å². The fourth-order valence-corrected chi connectivity index (χ4v) is 2.17. The van der Waals surface area contributed by atoms with E-state index in [4.69, 9.17) is 0 Å². The first-order valence-electron chi connectivity index (χ1n) is 6.33. The second kappa shape index (κ2) is 6.43. The van der Waals surface area contributed by atoms with Gasteiger partial charge in [0.15, 0.2) is 0 Å². The molecule has 0 aromatic heterocycles. The molecule has 1 aromatic rings. The predicted octanol–water partition coefficient (Wildman–Crippen LogP) is 3.67. The fraction of sp³-hybridized carbons (Fsp3) is 0.533. The molecule has 2 nitrogen and oxygen atoms in total. The molecule has 0 heterocycles. The number of aliphatic carboxylic acids is 1. The van der Waals surface area contributed by atoms with E-state index in [0.29, 0.717) is 6.42 Å². The summed E-state index contributed by atoms with van der Waals surface area (Å²) in [5.74, 6) is -0.706. The third kappa shape index (κ3) is 4.22. The van der Waals surface area contributed by atoms with Crippen molar-refractivity contribution in [2.24, 2.45) is 11.8 Å². The van der Waals surface area contributed by atoms with E-state index in [1.54, 1.807) is 0 Å². The van der Waals surface area contributed by atoms with Gasteiger partial charge in [-0.05, 0) is 24.8 Å². The Labute approximate surface area is 104 Å². The normalized spacial score (nSPS) is 14.3. The largest absolute Gasteiger partial charge is 0.481 e. The molecule has 0 saturated carbocycles. The van der Waals surface area contributed by atoms with Gasteiger partial charge in [0.05, 0.1) is 5.92 Å². The number of carboxylic acid groups (broad SMARTS) is 1. The maximum absolute atomic E-state index is 11.3. The molecular formula is C15H22O2. The first-order valence-corrected chi connectivity index (χ1v) is 6.33. The van der Waals surface area contributed by atoms with E-state index in [9.17, 15) is 9.90 Å². The maximum atomic E-state index is 11.3. The first-order chi connectivity index (χ1) is 8.04. The molecule has 0 spiro atoms. The van der Waals surface area contributed by atoms with Gasteiger partial charge in [0, 0.05) is 0 Å². The lowest BCUT2D eigenvalue weighted by Crippen LogP contribution is -2.23. The topological polar surface area (TPSA) is 37.3 Å². The maximum Gasteiger partial charge on any atom is 0.307 e. The van der Waals surface area contributed by atoms with Crippen molar-refractivity contribution in [2.75, 3.05) is 0 Å². The lowest BCUT2D eigenvalue weighted by Gasteiger charge is -2.19. The second-order valence-electron chi connectivity index (χ2n) is 4.90. The highest BCUT2D eigenvalue weighted by molar-refractivity contribution is 5.70. The van der Waals surface area contributed by atoms with Crippen LogP contribution in [-0.2, 0) is 11.2 Å². The molecule has 2 atom stereocenters. The summed E-state index contributed by atoms with van der Waals surface area (Å²) in [6.07, 6.45) is 2.65.